The van der Waals surface area contributed by atoms with Crippen LogP contribution in [-0.4, -0.2) is 36.5 Å². The number of hydrogen-bond acceptors (Lipinski definition) is 3. The van der Waals surface area contributed by atoms with Crippen LogP contribution in [0.25, 0.3) is 0 Å². The van der Waals surface area contributed by atoms with Gasteiger partial charge in [-0.05, 0) is 24.5 Å². The predicted octanol–water partition coefficient (Wildman–Crippen LogP) is 2.95. The quantitative estimate of drug-likeness (QED) is 0.850. The first-order valence-electron chi connectivity index (χ1n) is 8.15. The number of nitrogens with one attached hydrogen (secondary N) is 2. The molecule has 1 amide bonds. The molecule has 0 aromatic heterocycles. The van der Waals surface area contributed by atoms with E-state index < -0.39 is 11.7 Å². The molecule has 3 rings (SSSR count). The van der Waals surface area contributed by atoms with Gasteiger partial charge in [0.1, 0.15) is 0 Å². The fourth-order valence-electron chi connectivity index (χ4n) is 3.06. The Hall–Kier alpha value is -1.21. The molecule has 1 aromatic rings. The smallest absolute Gasteiger partial charge is 0.355 e. The highest BCUT2D eigenvalue weighted by Gasteiger charge is 2.45. The first kappa shape index (κ1) is 17.6. The van der Waals surface area contributed by atoms with Crippen molar-refractivity contribution in [2.75, 3.05) is 24.6 Å². The van der Waals surface area contributed by atoms with Crippen molar-refractivity contribution in [1.29, 1.82) is 0 Å². The molecule has 0 bridgehead atoms. The molecule has 1 aromatic carbocycles. The molecule has 7 heteroatoms. The number of hydrogen-bond donors (Lipinski definition) is 2. The maximum atomic E-state index is 12.9. The van der Waals surface area contributed by atoms with E-state index in [1.54, 1.807) is 6.07 Å². The molecule has 24 heavy (non-hydrogen) atoms. The Labute approximate surface area is 143 Å². The van der Waals surface area contributed by atoms with Crippen molar-refractivity contribution in [3.05, 3.63) is 35.4 Å². The number of thioether (sulfide) groups is 1. The first-order chi connectivity index (χ1) is 11.4. The molecule has 2 aliphatic rings. The van der Waals surface area contributed by atoms with Crippen molar-refractivity contribution in [2.45, 2.75) is 36.9 Å². The minimum Gasteiger partial charge on any atom is -0.355 e. The summed E-state index contributed by atoms with van der Waals surface area (Å²) in [4.78, 5) is 12.1. The Morgan fingerprint density at radius 2 is 2.17 bits per heavy atom. The molecule has 1 saturated carbocycles. The Balaban J connectivity index is 1.57. The summed E-state index contributed by atoms with van der Waals surface area (Å²) in [5.74, 6) is 1.96. The lowest BCUT2D eigenvalue weighted by molar-refractivity contribution is -0.137. The number of halogens is 3. The summed E-state index contributed by atoms with van der Waals surface area (Å²) in [6.45, 7) is 1.32. The summed E-state index contributed by atoms with van der Waals surface area (Å²) in [6, 6.07) is 5.67. The molecule has 0 radical (unpaired) electrons. The Morgan fingerprint density at radius 3 is 2.79 bits per heavy atom. The van der Waals surface area contributed by atoms with Crippen LogP contribution < -0.4 is 10.6 Å². The molecule has 1 unspecified atom stereocenters. The van der Waals surface area contributed by atoms with Crippen molar-refractivity contribution in [3.8, 4) is 0 Å². The molecule has 1 heterocycles. The zero-order valence-corrected chi connectivity index (χ0v) is 14.1. The molecule has 132 valence electrons. The summed E-state index contributed by atoms with van der Waals surface area (Å²) >= 11 is 1.83. The highest BCUT2D eigenvalue weighted by molar-refractivity contribution is 7.99. The van der Waals surface area contributed by atoms with Crippen LogP contribution in [0, 0.1) is 0 Å². The van der Waals surface area contributed by atoms with Crippen LogP contribution in [0.2, 0.25) is 0 Å². The van der Waals surface area contributed by atoms with Crippen molar-refractivity contribution >= 4 is 17.7 Å². The summed E-state index contributed by atoms with van der Waals surface area (Å²) < 4.78 is 38.6. The second kappa shape index (κ2) is 6.96. The van der Waals surface area contributed by atoms with E-state index in [2.05, 4.69) is 10.6 Å². The number of amides is 1. The second-order valence-corrected chi connectivity index (χ2v) is 7.72. The van der Waals surface area contributed by atoms with Gasteiger partial charge in [-0.2, -0.15) is 24.9 Å². The van der Waals surface area contributed by atoms with Crippen LogP contribution in [0.3, 0.4) is 0 Å². The van der Waals surface area contributed by atoms with Gasteiger partial charge in [-0.25, -0.2) is 0 Å². The van der Waals surface area contributed by atoms with E-state index in [1.165, 1.54) is 12.1 Å². The van der Waals surface area contributed by atoms with Crippen molar-refractivity contribution < 1.29 is 18.0 Å². The summed E-state index contributed by atoms with van der Waals surface area (Å²) in [7, 11) is 0. The summed E-state index contributed by atoms with van der Waals surface area (Å²) in [5.41, 5.74) is -0.281. The Bertz CT molecular complexity index is 596. The normalized spacial score (nSPS) is 22.9. The lowest BCUT2D eigenvalue weighted by atomic mass is 9.94. The SMILES string of the molecule is O=C(CC1CSCCN1)NCC1(c2cccc(C(F)(F)F)c2)CC1. The van der Waals surface area contributed by atoms with Crippen LogP contribution in [-0.2, 0) is 16.4 Å². The van der Waals surface area contributed by atoms with Crippen LogP contribution in [0.4, 0.5) is 13.2 Å². The van der Waals surface area contributed by atoms with Gasteiger partial charge >= 0.3 is 6.18 Å². The molecule has 2 fully saturated rings. The molecule has 1 aliphatic heterocycles. The van der Waals surface area contributed by atoms with Crippen LogP contribution in [0.1, 0.15) is 30.4 Å². The third-order valence-corrected chi connectivity index (χ3v) is 5.84. The van der Waals surface area contributed by atoms with E-state index in [0.717, 1.165) is 37.0 Å². The average molecular weight is 358 g/mol. The molecule has 3 nitrogen and oxygen atoms in total. The van der Waals surface area contributed by atoms with Crippen LogP contribution in [0.15, 0.2) is 24.3 Å². The lowest BCUT2D eigenvalue weighted by Crippen LogP contribution is -2.42. The maximum absolute atomic E-state index is 12.9. The zero-order valence-electron chi connectivity index (χ0n) is 13.3. The fraction of sp³-hybridized carbons (Fsp3) is 0.588. The lowest BCUT2D eigenvalue weighted by Gasteiger charge is -2.23. The van der Waals surface area contributed by atoms with Gasteiger partial charge in [0.2, 0.25) is 5.91 Å². The van der Waals surface area contributed by atoms with E-state index in [1.807, 2.05) is 11.8 Å². The fourth-order valence-corrected chi connectivity index (χ4v) is 4.01. The van der Waals surface area contributed by atoms with E-state index >= 15 is 0 Å². The Kier molecular flexibility index (Phi) is 5.11. The molecular formula is C17H21F3N2OS. The van der Waals surface area contributed by atoms with Crippen molar-refractivity contribution in [3.63, 3.8) is 0 Å². The standard InChI is InChI=1S/C17H21F3N2OS/c18-17(19,20)13-3-1-2-12(8-13)16(4-5-16)11-22-15(23)9-14-10-24-7-6-21-14/h1-3,8,14,21H,4-7,9-11H2,(H,22,23). The van der Waals surface area contributed by atoms with Gasteiger partial charge in [0.25, 0.3) is 0 Å². The van der Waals surface area contributed by atoms with Gasteiger partial charge in [0.15, 0.2) is 0 Å². The molecule has 1 saturated heterocycles. The molecule has 1 aliphatic carbocycles. The van der Waals surface area contributed by atoms with Crippen molar-refractivity contribution in [1.82, 2.24) is 10.6 Å². The van der Waals surface area contributed by atoms with Gasteiger partial charge in [-0.15, -0.1) is 0 Å². The number of benzene rings is 1. The van der Waals surface area contributed by atoms with Crippen molar-refractivity contribution in [2.24, 2.45) is 0 Å². The third kappa shape index (κ3) is 4.25. The van der Waals surface area contributed by atoms with Gasteiger partial charge in [0.05, 0.1) is 5.56 Å². The van der Waals surface area contributed by atoms with Gasteiger partial charge in [-0.3, -0.25) is 4.79 Å². The minimum atomic E-state index is -4.33. The molecule has 2 N–H and O–H groups in total. The molecule has 0 spiro atoms. The summed E-state index contributed by atoms with van der Waals surface area (Å²) in [6.07, 6.45) is -2.29. The monoisotopic (exact) mass is 358 g/mol. The maximum Gasteiger partial charge on any atom is 0.416 e. The first-order valence-corrected chi connectivity index (χ1v) is 9.30. The van der Waals surface area contributed by atoms with Crippen LogP contribution >= 0.6 is 11.8 Å². The average Bonchev–Trinajstić information content (AvgIpc) is 3.35. The topological polar surface area (TPSA) is 41.1 Å². The van der Waals surface area contributed by atoms with E-state index in [-0.39, 0.29) is 17.4 Å². The number of rotatable bonds is 5. The third-order valence-electron chi connectivity index (χ3n) is 4.71. The minimum absolute atomic E-state index is 0.0340. The van der Waals surface area contributed by atoms with Gasteiger partial charge < -0.3 is 10.6 Å². The van der Waals surface area contributed by atoms with Gasteiger partial charge in [0, 0.05) is 42.5 Å². The number of carbonyl (C=O) groups is 1. The molecule has 1 atom stereocenters. The zero-order chi connectivity index (χ0) is 17.2. The van der Waals surface area contributed by atoms with E-state index in [9.17, 15) is 18.0 Å². The summed E-state index contributed by atoms with van der Waals surface area (Å²) in [5, 5.41) is 6.23. The Morgan fingerprint density at radius 1 is 1.38 bits per heavy atom. The predicted molar refractivity (Wildman–Crippen MR) is 89.1 cm³/mol. The highest BCUT2D eigenvalue weighted by Crippen LogP contribution is 2.48. The largest absolute Gasteiger partial charge is 0.416 e. The van der Waals surface area contributed by atoms with Crippen LogP contribution in [0.5, 0.6) is 0 Å². The molecular weight excluding hydrogens is 337 g/mol. The second-order valence-electron chi connectivity index (χ2n) is 6.57. The van der Waals surface area contributed by atoms with Gasteiger partial charge in [-0.1, -0.05) is 18.2 Å². The van der Waals surface area contributed by atoms with E-state index in [4.69, 9.17) is 0 Å². The highest BCUT2D eigenvalue weighted by atomic mass is 32.2. The van der Waals surface area contributed by atoms with E-state index in [0.29, 0.717) is 18.5 Å². The number of alkyl halides is 3. The number of carbonyl (C=O) groups excluding carboxylic acids is 1.